The van der Waals surface area contributed by atoms with Gasteiger partial charge in [0.25, 0.3) is 0 Å². The molecule has 1 fully saturated rings. The Morgan fingerprint density at radius 1 is 1.62 bits per heavy atom. The van der Waals surface area contributed by atoms with Gasteiger partial charge >= 0.3 is 0 Å². The van der Waals surface area contributed by atoms with Crippen LogP contribution in [-0.4, -0.2) is 34.8 Å². The second-order valence-corrected chi connectivity index (χ2v) is 5.35. The van der Waals surface area contributed by atoms with Gasteiger partial charge < -0.3 is 10.4 Å². The molecule has 0 bridgehead atoms. The summed E-state index contributed by atoms with van der Waals surface area (Å²) >= 11 is 2.04. The minimum atomic E-state index is -0.112. The van der Waals surface area contributed by atoms with E-state index in [1.807, 2.05) is 18.7 Å². The molecule has 0 spiro atoms. The number of aliphatic hydroxyl groups is 1. The van der Waals surface area contributed by atoms with Gasteiger partial charge in [-0.15, -0.1) is 0 Å². The van der Waals surface area contributed by atoms with Crippen LogP contribution >= 0.6 is 11.8 Å². The second-order valence-electron chi connectivity index (χ2n) is 3.88. The fraction of sp³-hybridized carbons (Fsp3) is 1.00. The molecule has 0 radical (unpaired) electrons. The maximum atomic E-state index is 9.34. The first-order valence-corrected chi connectivity index (χ1v) is 6.30. The van der Waals surface area contributed by atoms with Crippen molar-refractivity contribution >= 4 is 11.8 Å². The van der Waals surface area contributed by atoms with Gasteiger partial charge in [0.2, 0.25) is 0 Å². The topological polar surface area (TPSA) is 32.3 Å². The van der Waals surface area contributed by atoms with Crippen molar-refractivity contribution in [1.29, 1.82) is 0 Å². The molecule has 2 N–H and O–H groups in total. The van der Waals surface area contributed by atoms with Crippen LogP contribution in [-0.2, 0) is 0 Å². The zero-order valence-corrected chi connectivity index (χ0v) is 9.44. The predicted octanol–water partition coefficient (Wildman–Crippen LogP) is 1.63. The van der Waals surface area contributed by atoms with Gasteiger partial charge in [-0.05, 0) is 25.8 Å². The van der Waals surface area contributed by atoms with E-state index in [4.69, 9.17) is 0 Å². The van der Waals surface area contributed by atoms with Crippen LogP contribution in [0, 0.1) is 0 Å². The van der Waals surface area contributed by atoms with Crippen LogP contribution in [0.5, 0.6) is 0 Å². The highest BCUT2D eigenvalue weighted by atomic mass is 32.2. The van der Waals surface area contributed by atoms with E-state index in [2.05, 4.69) is 12.2 Å². The molecule has 78 valence electrons. The second kappa shape index (κ2) is 5.89. The first-order valence-electron chi connectivity index (χ1n) is 5.25. The Labute approximate surface area is 85.5 Å². The Hall–Kier alpha value is 0.270. The molecule has 0 aromatic rings. The summed E-state index contributed by atoms with van der Waals surface area (Å²) in [5.74, 6) is 1.24. The predicted molar refractivity (Wildman–Crippen MR) is 59.2 cm³/mol. The third kappa shape index (κ3) is 4.34. The third-order valence-electron chi connectivity index (χ3n) is 2.58. The molecular weight excluding hydrogens is 182 g/mol. The average Bonchev–Trinajstić information content (AvgIpc) is 2.51. The van der Waals surface area contributed by atoms with Crippen molar-refractivity contribution in [3.8, 4) is 0 Å². The van der Waals surface area contributed by atoms with E-state index in [1.54, 1.807) is 0 Å². The molecule has 1 rings (SSSR count). The number of nitrogens with one attached hydrogen (secondary N) is 1. The first-order chi connectivity index (χ1) is 6.22. The van der Waals surface area contributed by atoms with Crippen LogP contribution in [0.3, 0.4) is 0 Å². The van der Waals surface area contributed by atoms with Gasteiger partial charge in [0.05, 0.1) is 6.10 Å². The highest BCUT2D eigenvalue weighted by molar-refractivity contribution is 8.00. The van der Waals surface area contributed by atoms with Crippen LogP contribution in [0.25, 0.3) is 0 Å². The Morgan fingerprint density at radius 2 is 2.38 bits per heavy atom. The van der Waals surface area contributed by atoms with Crippen LogP contribution in [0.2, 0.25) is 0 Å². The lowest BCUT2D eigenvalue weighted by molar-refractivity contribution is 0.159. The van der Waals surface area contributed by atoms with E-state index in [9.17, 15) is 5.11 Å². The summed E-state index contributed by atoms with van der Waals surface area (Å²) in [6, 6.07) is 0.684. The molecule has 13 heavy (non-hydrogen) atoms. The Bertz CT molecular complexity index is 143. The standard InChI is InChI=1S/C10H21NOS/c1-3-10(12)4-5-11-9-6-8(2)13-7-9/h8-12H,3-7H2,1-2H3. The van der Waals surface area contributed by atoms with Crippen LogP contribution < -0.4 is 5.32 Å². The summed E-state index contributed by atoms with van der Waals surface area (Å²) in [6.45, 7) is 5.28. The van der Waals surface area contributed by atoms with Gasteiger partial charge in [-0.2, -0.15) is 11.8 Å². The van der Waals surface area contributed by atoms with Gasteiger partial charge in [-0.1, -0.05) is 13.8 Å². The molecule has 2 nitrogen and oxygen atoms in total. The van der Waals surface area contributed by atoms with Crippen molar-refractivity contribution in [3.63, 3.8) is 0 Å². The molecular formula is C10H21NOS. The number of hydrogen-bond donors (Lipinski definition) is 2. The van der Waals surface area contributed by atoms with Gasteiger partial charge in [0.1, 0.15) is 0 Å². The van der Waals surface area contributed by atoms with E-state index >= 15 is 0 Å². The van der Waals surface area contributed by atoms with Gasteiger partial charge in [-0.25, -0.2) is 0 Å². The molecule has 0 aliphatic carbocycles. The van der Waals surface area contributed by atoms with Crippen molar-refractivity contribution in [3.05, 3.63) is 0 Å². The molecule has 0 aromatic carbocycles. The SMILES string of the molecule is CCC(O)CCNC1CSC(C)C1. The zero-order valence-electron chi connectivity index (χ0n) is 8.62. The maximum Gasteiger partial charge on any atom is 0.0549 e. The molecule has 1 aliphatic heterocycles. The summed E-state index contributed by atoms with van der Waals surface area (Å²) in [5.41, 5.74) is 0. The summed E-state index contributed by atoms with van der Waals surface area (Å²) in [4.78, 5) is 0. The quantitative estimate of drug-likeness (QED) is 0.712. The van der Waals surface area contributed by atoms with E-state index in [0.29, 0.717) is 6.04 Å². The fourth-order valence-corrected chi connectivity index (χ4v) is 2.80. The molecule has 1 heterocycles. The smallest absolute Gasteiger partial charge is 0.0549 e. The Balaban J connectivity index is 2.00. The van der Waals surface area contributed by atoms with Crippen LogP contribution in [0.4, 0.5) is 0 Å². The molecule has 0 aromatic heterocycles. The Kier molecular flexibility index (Phi) is 5.14. The van der Waals surface area contributed by atoms with Gasteiger partial charge in [0.15, 0.2) is 0 Å². The molecule has 1 aliphatic rings. The lowest BCUT2D eigenvalue weighted by Gasteiger charge is -2.13. The van der Waals surface area contributed by atoms with Gasteiger partial charge in [0, 0.05) is 17.0 Å². The lowest BCUT2D eigenvalue weighted by Crippen LogP contribution is -2.31. The maximum absolute atomic E-state index is 9.34. The lowest BCUT2D eigenvalue weighted by atomic mass is 10.1. The van der Waals surface area contributed by atoms with Crippen LogP contribution in [0.15, 0.2) is 0 Å². The largest absolute Gasteiger partial charge is 0.393 e. The van der Waals surface area contributed by atoms with Gasteiger partial charge in [-0.3, -0.25) is 0 Å². The van der Waals surface area contributed by atoms with Crippen molar-refractivity contribution < 1.29 is 5.11 Å². The molecule has 3 atom stereocenters. The summed E-state index contributed by atoms with van der Waals surface area (Å²) in [7, 11) is 0. The molecule has 1 saturated heterocycles. The van der Waals surface area contributed by atoms with Crippen molar-refractivity contribution in [2.75, 3.05) is 12.3 Å². The highest BCUT2D eigenvalue weighted by Crippen LogP contribution is 2.25. The molecule has 3 heteroatoms. The third-order valence-corrected chi connectivity index (χ3v) is 3.94. The fourth-order valence-electron chi connectivity index (χ4n) is 1.62. The number of rotatable bonds is 5. The monoisotopic (exact) mass is 203 g/mol. The van der Waals surface area contributed by atoms with Crippen molar-refractivity contribution in [2.45, 2.75) is 50.5 Å². The zero-order chi connectivity index (χ0) is 9.68. The summed E-state index contributed by atoms with van der Waals surface area (Å²) in [5, 5.41) is 13.6. The van der Waals surface area contributed by atoms with Crippen molar-refractivity contribution in [1.82, 2.24) is 5.32 Å². The summed E-state index contributed by atoms with van der Waals surface area (Å²) in [6.07, 6.45) is 2.94. The number of aliphatic hydroxyl groups excluding tert-OH is 1. The number of hydrogen-bond acceptors (Lipinski definition) is 3. The normalized spacial score (nSPS) is 30.7. The van der Waals surface area contributed by atoms with Crippen LogP contribution in [0.1, 0.15) is 33.1 Å². The average molecular weight is 203 g/mol. The Morgan fingerprint density at radius 3 is 2.92 bits per heavy atom. The van der Waals surface area contributed by atoms with E-state index in [-0.39, 0.29) is 6.10 Å². The number of thioether (sulfide) groups is 1. The first kappa shape index (κ1) is 11.3. The summed E-state index contributed by atoms with van der Waals surface area (Å²) < 4.78 is 0. The van der Waals surface area contributed by atoms with E-state index < -0.39 is 0 Å². The molecule has 3 unspecified atom stereocenters. The van der Waals surface area contributed by atoms with E-state index in [1.165, 1.54) is 12.2 Å². The molecule has 0 saturated carbocycles. The minimum absolute atomic E-state index is 0.112. The molecule has 0 amide bonds. The minimum Gasteiger partial charge on any atom is -0.393 e. The van der Waals surface area contributed by atoms with Crippen molar-refractivity contribution in [2.24, 2.45) is 0 Å². The highest BCUT2D eigenvalue weighted by Gasteiger charge is 2.20. The van der Waals surface area contributed by atoms with E-state index in [0.717, 1.165) is 24.6 Å².